The number of ketones is 1. The molecule has 2 aliphatic rings. The summed E-state index contributed by atoms with van der Waals surface area (Å²) in [4.78, 5) is 30.4. The average Bonchev–Trinajstić information content (AvgIpc) is 3.61. The Labute approximate surface area is 258 Å². The number of carbonyl (C=O) groups is 2. The fourth-order valence-electron chi connectivity index (χ4n) is 5.74. The van der Waals surface area contributed by atoms with Crippen molar-refractivity contribution < 1.29 is 22.7 Å². The number of ether oxygens (including phenoxy) is 1. The lowest BCUT2D eigenvalue weighted by molar-refractivity contribution is -0.128. The van der Waals surface area contributed by atoms with Gasteiger partial charge in [-0.1, -0.05) is 19.1 Å². The SMILES string of the molecule is CC(=O)N(C)Cc1ccc(N2CCC(N(C)C)C2)cc1.CCCC(=O)C1(N(C)S(=O)(=O)c2c(C)cc(OC)cc2C)CC1. The van der Waals surface area contributed by atoms with Gasteiger partial charge in [0.1, 0.15) is 5.75 Å². The number of nitrogens with zero attached hydrogens (tertiary/aromatic N) is 4. The maximum atomic E-state index is 13.1. The van der Waals surface area contributed by atoms with Crippen LogP contribution in [0, 0.1) is 13.8 Å². The first-order valence-corrected chi connectivity index (χ1v) is 16.5. The van der Waals surface area contributed by atoms with Crippen molar-refractivity contribution in [2.75, 3.05) is 53.3 Å². The third-order valence-corrected chi connectivity index (χ3v) is 11.0. The highest BCUT2D eigenvalue weighted by Crippen LogP contribution is 2.46. The lowest BCUT2D eigenvalue weighted by atomic mass is 10.1. The molecule has 1 unspecified atom stereocenters. The Morgan fingerprint density at radius 2 is 1.60 bits per heavy atom. The third kappa shape index (κ3) is 7.96. The third-order valence-electron chi connectivity index (χ3n) is 8.76. The van der Waals surface area contributed by atoms with Gasteiger partial charge in [0.2, 0.25) is 15.9 Å². The number of rotatable bonds is 11. The van der Waals surface area contributed by atoms with Crippen LogP contribution in [0.3, 0.4) is 0 Å². The van der Waals surface area contributed by atoms with Gasteiger partial charge in [0, 0.05) is 58.8 Å². The normalized spacial score (nSPS) is 17.5. The Hall–Kier alpha value is -2.95. The van der Waals surface area contributed by atoms with E-state index in [1.54, 1.807) is 44.9 Å². The molecular formula is C33H50N4O5S. The summed E-state index contributed by atoms with van der Waals surface area (Å²) in [6, 6.07) is 12.7. The first-order chi connectivity index (χ1) is 20.2. The van der Waals surface area contributed by atoms with E-state index in [1.165, 1.54) is 29.0 Å². The van der Waals surface area contributed by atoms with Crippen molar-refractivity contribution in [1.82, 2.24) is 14.1 Å². The summed E-state index contributed by atoms with van der Waals surface area (Å²) in [7, 11) is 5.48. The van der Waals surface area contributed by atoms with Crippen molar-refractivity contribution in [2.45, 2.75) is 82.8 Å². The van der Waals surface area contributed by atoms with Gasteiger partial charge in [0.25, 0.3) is 0 Å². The standard InChI is InChI=1S/C17H25NO4S.C16H25N3O/c1-6-7-15(19)17(8-9-17)18(4)23(20,21)16-12(2)10-14(22-5)11-13(16)3;1-13(20)18(4)11-14-5-7-15(8-6-14)19-10-9-16(12-19)17(2)3/h10-11H,6-9H2,1-5H3;5-8,16H,9-12H2,1-4H3. The lowest BCUT2D eigenvalue weighted by Gasteiger charge is -2.27. The number of sulfonamides is 1. The van der Waals surface area contributed by atoms with Crippen LogP contribution in [0.4, 0.5) is 5.69 Å². The second-order valence-corrected chi connectivity index (χ2v) is 14.1. The van der Waals surface area contributed by atoms with Crippen LogP contribution < -0.4 is 9.64 Å². The van der Waals surface area contributed by atoms with E-state index in [2.05, 4.69) is 48.2 Å². The van der Waals surface area contributed by atoms with Gasteiger partial charge >= 0.3 is 0 Å². The lowest BCUT2D eigenvalue weighted by Crippen LogP contribution is -2.44. The predicted molar refractivity (Wildman–Crippen MR) is 172 cm³/mol. The van der Waals surface area contributed by atoms with E-state index in [-0.39, 0.29) is 16.6 Å². The van der Waals surface area contributed by atoms with E-state index in [1.807, 2.05) is 14.0 Å². The molecule has 2 aromatic carbocycles. The minimum absolute atomic E-state index is 0.0230. The molecule has 238 valence electrons. The number of aryl methyl sites for hydroxylation is 2. The Morgan fingerprint density at radius 1 is 1.02 bits per heavy atom. The molecule has 1 saturated carbocycles. The number of methoxy groups -OCH3 is 1. The predicted octanol–water partition coefficient (Wildman–Crippen LogP) is 4.64. The van der Waals surface area contributed by atoms with Crippen molar-refractivity contribution in [3.63, 3.8) is 0 Å². The number of benzene rings is 2. The molecule has 1 aliphatic carbocycles. The molecule has 0 radical (unpaired) electrons. The molecule has 1 amide bonds. The molecule has 2 fully saturated rings. The van der Waals surface area contributed by atoms with Crippen molar-refractivity contribution in [3.05, 3.63) is 53.1 Å². The molecule has 10 heteroatoms. The van der Waals surface area contributed by atoms with E-state index in [0.29, 0.717) is 48.7 Å². The largest absolute Gasteiger partial charge is 0.497 e. The summed E-state index contributed by atoms with van der Waals surface area (Å²) in [5.41, 5.74) is 2.88. The van der Waals surface area contributed by atoms with Gasteiger partial charge in [0.05, 0.1) is 17.5 Å². The molecule has 0 N–H and O–H groups in total. The number of Topliss-reactive ketones (excluding diaryl/α,β-unsaturated/α-hetero) is 1. The van der Waals surface area contributed by atoms with Gasteiger partial charge < -0.3 is 19.4 Å². The molecular weight excluding hydrogens is 564 g/mol. The fraction of sp³-hybridized carbons (Fsp3) is 0.576. The van der Waals surface area contributed by atoms with Crippen molar-refractivity contribution in [2.24, 2.45) is 0 Å². The zero-order valence-electron chi connectivity index (χ0n) is 27.4. The molecule has 1 heterocycles. The summed E-state index contributed by atoms with van der Waals surface area (Å²) in [6.07, 6.45) is 3.59. The summed E-state index contributed by atoms with van der Waals surface area (Å²) >= 11 is 0. The Balaban J connectivity index is 0.000000238. The van der Waals surface area contributed by atoms with Crippen molar-refractivity contribution in [3.8, 4) is 5.75 Å². The minimum Gasteiger partial charge on any atom is -0.497 e. The van der Waals surface area contributed by atoms with Crippen LogP contribution in [0.25, 0.3) is 0 Å². The van der Waals surface area contributed by atoms with E-state index in [0.717, 1.165) is 19.5 Å². The minimum atomic E-state index is -3.73. The molecule has 1 atom stereocenters. The maximum Gasteiger partial charge on any atom is 0.244 e. The Morgan fingerprint density at radius 3 is 2.05 bits per heavy atom. The molecule has 1 aliphatic heterocycles. The van der Waals surface area contributed by atoms with Crippen molar-refractivity contribution >= 4 is 27.4 Å². The number of carbonyl (C=O) groups excluding carboxylic acids is 2. The molecule has 0 spiro atoms. The average molecular weight is 615 g/mol. The molecule has 9 nitrogen and oxygen atoms in total. The van der Waals surface area contributed by atoms with Crippen molar-refractivity contribution in [1.29, 1.82) is 0 Å². The van der Waals surface area contributed by atoms with Gasteiger partial charge in [-0.05, 0) is 94.6 Å². The van der Waals surface area contributed by atoms with Crippen LogP contribution in [0.2, 0.25) is 0 Å². The monoisotopic (exact) mass is 614 g/mol. The van der Waals surface area contributed by atoms with Crippen LogP contribution >= 0.6 is 0 Å². The molecule has 43 heavy (non-hydrogen) atoms. The van der Waals surface area contributed by atoms with Gasteiger partial charge in [-0.2, -0.15) is 4.31 Å². The molecule has 0 bridgehead atoms. The van der Waals surface area contributed by atoms with E-state index in [9.17, 15) is 18.0 Å². The van der Waals surface area contributed by atoms with Crippen LogP contribution in [0.15, 0.2) is 41.3 Å². The summed E-state index contributed by atoms with van der Waals surface area (Å²) < 4.78 is 32.7. The second-order valence-electron chi connectivity index (χ2n) is 12.2. The number of likely N-dealkylation sites (N-methyl/N-ethyl adjacent to an activating group) is 2. The second kappa shape index (κ2) is 14.2. The summed E-state index contributed by atoms with van der Waals surface area (Å²) in [5, 5.41) is 0. The Kier molecular flexibility index (Phi) is 11.4. The molecule has 2 aromatic rings. The maximum absolute atomic E-state index is 13.1. The number of hydrogen-bond donors (Lipinski definition) is 0. The van der Waals surface area contributed by atoms with Crippen LogP contribution in [0.1, 0.15) is 62.6 Å². The number of amides is 1. The van der Waals surface area contributed by atoms with Crippen LogP contribution in [0.5, 0.6) is 5.75 Å². The highest BCUT2D eigenvalue weighted by molar-refractivity contribution is 7.89. The smallest absolute Gasteiger partial charge is 0.244 e. The quantitative estimate of drug-likeness (QED) is 0.364. The number of anilines is 1. The van der Waals surface area contributed by atoms with Gasteiger partial charge in [-0.15, -0.1) is 0 Å². The van der Waals surface area contributed by atoms with Gasteiger partial charge in [-0.25, -0.2) is 8.42 Å². The zero-order chi connectivity index (χ0) is 32.1. The van der Waals surface area contributed by atoms with Gasteiger partial charge in [0.15, 0.2) is 5.78 Å². The Bertz CT molecular complexity index is 1360. The summed E-state index contributed by atoms with van der Waals surface area (Å²) in [5.74, 6) is 0.752. The topological polar surface area (TPSA) is 90.5 Å². The molecule has 1 saturated heterocycles. The first kappa shape index (κ1) is 34.5. The highest BCUT2D eigenvalue weighted by atomic mass is 32.2. The molecule has 0 aromatic heterocycles. The van der Waals surface area contributed by atoms with Crippen LogP contribution in [-0.4, -0.2) is 94.2 Å². The van der Waals surface area contributed by atoms with Gasteiger partial charge in [-0.3, -0.25) is 9.59 Å². The highest BCUT2D eigenvalue weighted by Gasteiger charge is 2.56. The number of hydrogen-bond acceptors (Lipinski definition) is 7. The summed E-state index contributed by atoms with van der Waals surface area (Å²) in [6.45, 7) is 9.93. The van der Waals surface area contributed by atoms with E-state index < -0.39 is 15.6 Å². The van der Waals surface area contributed by atoms with Crippen LogP contribution in [-0.2, 0) is 26.2 Å². The van der Waals surface area contributed by atoms with E-state index in [4.69, 9.17) is 4.74 Å². The zero-order valence-corrected chi connectivity index (χ0v) is 28.3. The van der Waals surface area contributed by atoms with E-state index >= 15 is 0 Å². The first-order valence-electron chi connectivity index (χ1n) is 15.1. The molecule has 4 rings (SSSR count). The fourth-order valence-corrected chi connectivity index (χ4v) is 7.69.